The van der Waals surface area contributed by atoms with Crippen LogP contribution in [0.3, 0.4) is 0 Å². The first kappa shape index (κ1) is 14.9. The maximum atomic E-state index is 11.6. The summed E-state index contributed by atoms with van der Waals surface area (Å²) in [5.41, 5.74) is 0. The van der Waals surface area contributed by atoms with Gasteiger partial charge in [-0.05, 0) is 32.6 Å². The summed E-state index contributed by atoms with van der Waals surface area (Å²) in [5, 5.41) is 8.43. The first-order valence-corrected chi connectivity index (χ1v) is 6.96. The first-order valence-electron chi connectivity index (χ1n) is 5.41. The van der Waals surface area contributed by atoms with Crippen molar-refractivity contribution < 1.29 is 13.5 Å². The first-order chi connectivity index (χ1) is 6.79. The van der Waals surface area contributed by atoms with Crippen molar-refractivity contribution in [2.45, 2.75) is 51.8 Å². The third kappa shape index (κ3) is 6.12. The highest BCUT2D eigenvalue weighted by molar-refractivity contribution is 7.90. The van der Waals surface area contributed by atoms with Crippen molar-refractivity contribution in [2.24, 2.45) is 5.92 Å². The number of hydrogen-bond donors (Lipinski definition) is 2. The summed E-state index contributed by atoms with van der Waals surface area (Å²) in [6.07, 6.45) is 1.23. The van der Waals surface area contributed by atoms with E-state index < -0.39 is 15.3 Å². The van der Waals surface area contributed by atoms with Gasteiger partial charge in [-0.1, -0.05) is 13.8 Å². The van der Waals surface area contributed by atoms with Crippen molar-refractivity contribution in [3.8, 4) is 0 Å². The molecule has 92 valence electrons. The van der Waals surface area contributed by atoms with E-state index >= 15 is 0 Å². The van der Waals surface area contributed by atoms with Crippen LogP contribution in [0.25, 0.3) is 0 Å². The Morgan fingerprint density at radius 2 is 1.73 bits per heavy atom. The molecule has 0 spiro atoms. The highest BCUT2D eigenvalue weighted by Crippen LogP contribution is 2.10. The Hall–Kier alpha value is -0.130. The Bertz CT molecular complexity index is 260. The fraction of sp³-hybridized carbons (Fsp3) is 1.00. The number of sulfonamides is 1. The minimum Gasteiger partial charge on any atom is -0.396 e. The van der Waals surface area contributed by atoms with Crippen molar-refractivity contribution >= 4 is 10.0 Å². The molecule has 15 heavy (non-hydrogen) atoms. The zero-order valence-corrected chi connectivity index (χ0v) is 10.8. The van der Waals surface area contributed by atoms with Crippen LogP contribution in [0.4, 0.5) is 0 Å². The van der Waals surface area contributed by atoms with Gasteiger partial charge >= 0.3 is 0 Å². The van der Waals surface area contributed by atoms with Gasteiger partial charge in [-0.2, -0.15) is 0 Å². The minimum atomic E-state index is -3.23. The quantitative estimate of drug-likeness (QED) is 0.697. The Labute approximate surface area is 93.1 Å². The van der Waals surface area contributed by atoms with Gasteiger partial charge in [0, 0.05) is 12.6 Å². The summed E-state index contributed by atoms with van der Waals surface area (Å²) in [4.78, 5) is 0. The normalized spacial score (nSPS) is 14.9. The molecule has 0 saturated heterocycles. The average Bonchev–Trinajstić information content (AvgIpc) is 2.01. The monoisotopic (exact) mass is 237 g/mol. The molecule has 0 rings (SSSR count). The second-order valence-corrected chi connectivity index (χ2v) is 6.82. The van der Waals surface area contributed by atoms with Crippen molar-refractivity contribution in [2.75, 3.05) is 6.61 Å². The maximum absolute atomic E-state index is 11.6. The lowest BCUT2D eigenvalue weighted by Gasteiger charge is -2.21. The van der Waals surface area contributed by atoms with E-state index in [1.807, 2.05) is 13.8 Å². The lowest BCUT2D eigenvalue weighted by Crippen LogP contribution is -2.40. The van der Waals surface area contributed by atoms with E-state index in [2.05, 4.69) is 4.72 Å². The van der Waals surface area contributed by atoms with Crippen LogP contribution in [-0.4, -0.2) is 31.4 Å². The van der Waals surface area contributed by atoms with E-state index in [1.165, 1.54) is 0 Å². The van der Waals surface area contributed by atoms with Gasteiger partial charge in [0.2, 0.25) is 10.0 Å². The molecule has 0 unspecified atom stereocenters. The number of hydrogen-bond acceptors (Lipinski definition) is 3. The van der Waals surface area contributed by atoms with Crippen LogP contribution in [-0.2, 0) is 10.0 Å². The van der Waals surface area contributed by atoms with Crippen LogP contribution >= 0.6 is 0 Å². The Balaban J connectivity index is 4.40. The molecule has 4 nitrogen and oxygen atoms in total. The molecule has 1 atom stereocenters. The summed E-state index contributed by atoms with van der Waals surface area (Å²) in [6, 6.07) is -0.151. The molecule has 0 fully saturated rings. The Morgan fingerprint density at radius 3 is 2.07 bits per heavy atom. The van der Waals surface area contributed by atoms with Crippen LogP contribution in [0.1, 0.15) is 40.5 Å². The lowest BCUT2D eigenvalue weighted by atomic mass is 10.0. The largest absolute Gasteiger partial charge is 0.396 e. The molecule has 0 amide bonds. The molecule has 0 radical (unpaired) electrons. The second kappa shape index (κ2) is 6.45. The van der Waals surface area contributed by atoms with Crippen LogP contribution in [0, 0.1) is 5.92 Å². The molecule has 0 aliphatic heterocycles. The molecule has 0 aromatic heterocycles. The predicted octanol–water partition coefficient (Wildman–Crippen LogP) is 1.11. The van der Waals surface area contributed by atoms with Gasteiger partial charge in [0.1, 0.15) is 0 Å². The summed E-state index contributed by atoms with van der Waals surface area (Å²) in [5.74, 6) is 0.413. The number of aliphatic hydroxyl groups is 1. The number of aliphatic hydroxyl groups excluding tert-OH is 1. The Morgan fingerprint density at radius 1 is 1.20 bits per heavy atom. The average molecular weight is 237 g/mol. The summed E-state index contributed by atoms with van der Waals surface area (Å²) < 4.78 is 25.8. The fourth-order valence-electron chi connectivity index (χ4n) is 1.32. The fourth-order valence-corrected chi connectivity index (χ4v) is 2.27. The van der Waals surface area contributed by atoms with Crippen LogP contribution in [0.5, 0.6) is 0 Å². The van der Waals surface area contributed by atoms with Gasteiger partial charge in [-0.15, -0.1) is 0 Å². The predicted molar refractivity (Wildman–Crippen MR) is 62.1 cm³/mol. The van der Waals surface area contributed by atoms with Gasteiger partial charge < -0.3 is 5.11 Å². The van der Waals surface area contributed by atoms with Crippen molar-refractivity contribution in [3.05, 3.63) is 0 Å². The Kier molecular flexibility index (Phi) is 6.40. The molecular formula is C10H23NO3S. The maximum Gasteiger partial charge on any atom is 0.214 e. The molecule has 0 aliphatic rings. The third-order valence-electron chi connectivity index (χ3n) is 2.19. The third-order valence-corrected chi connectivity index (χ3v) is 4.09. The van der Waals surface area contributed by atoms with E-state index in [9.17, 15) is 8.42 Å². The van der Waals surface area contributed by atoms with Crippen molar-refractivity contribution in [1.29, 1.82) is 0 Å². The smallest absolute Gasteiger partial charge is 0.214 e. The minimum absolute atomic E-state index is 0.0119. The number of rotatable bonds is 7. The topological polar surface area (TPSA) is 66.4 Å². The van der Waals surface area contributed by atoms with E-state index in [4.69, 9.17) is 5.11 Å². The standard InChI is InChI=1S/C10H23NO3S/c1-8(2)7-10(5-6-12)11-15(13,14)9(3)4/h8-12H,5-7H2,1-4H3/t10-/m1/s1. The molecule has 5 heteroatoms. The zero-order valence-electron chi connectivity index (χ0n) is 10.0. The van der Waals surface area contributed by atoms with Crippen molar-refractivity contribution in [1.82, 2.24) is 4.72 Å². The van der Waals surface area contributed by atoms with Crippen LogP contribution < -0.4 is 4.72 Å². The van der Waals surface area contributed by atoms with Gasteiger partial charge in [-0.25, -0.2) is 13.1 Å². The molecule has 0 aromatic carbocycles. The molecule has 0 saturated carbocycles. The number of nitrogens with one attached hydrogen (secondary N) is 1. The van der Waals surface area contributed by atoms with Gasteiger partial charge in [0.05, 0.1) is 5.25 Å². The molecule has 0 aromatic rings. The van der Waals surface area contributed by atoms with Crippen LogP contribution in [0.2, 0.25) is 0 Å². The van der Waals surface area contributed by atoms with Crippen LogP contribution in [0.15, 0.2) is 0 Å². The molecule has 2 N–H and O–H groups in total. The van der Waals surface area contributed by atoms with Gasteiger partial charge in [0.25, 0.3) is 0 Å². The summed E-state index contributed by atoms with van der Waals surface area (Å²) in [7, 11) is -3.23. The van der Waals surface area contributed by atoms with E-state index in [1.54, 1.807) is 13.8 Å². The highest BCUT2D eigenvalue weighted by Gasteiger charge is 2.21. The van der Waals surface area contributed by atoms with Crippen molar-refractivity contribution in [3.63, 3.8) is 0 Å². The van der Waals surface area contributed by atoms with E-state index in [-0.39, 0.29) is 12.6 Å². The van der Waals surface area contributed by atoms with Gasteiger partial charge in [-0.3, -0.25) is 0 Å². The summed E-state index contributed by atoms with van der Waals surface area (Å²) in [6.45, 7) is 7.38. The van der Waals surface area contributed by atoms with E-state index in [0.717, 1.165) is 6.42 Å². The molecular weight excluding hydrogens is 214 g/mol. The molecule has 0 bridgehead atoms. The van der Waals surface area contributed by atoms with E-state index in [0.29, 0.717) is 12.3 Å². The highest BCUT2D eigenvalue weighted by atomic mass is 32.2. The summed E-state index contributed by atoms with van der Waals surface area (Å²) >= 11 is 0. The lowest BCUT2D eigenvalue weighted by molar-refractivity contribution is 0.262. The molecule has 0 heterocycles. The zero-order chi connectivity index (χ0) is 12.1. The van der Waals surface area contributed by atoms with Gasteiger partial charge in [0.15, 0.2) is 0 Å². The SMILES string of the molecule is CC(C)C[C@@H](CCO)NS(=O)(=O)C(C)C. The second-order valence-electron chi connectivity index (χ2n) is 4.55. The molecule has 0 aliphatic carbocycles.